The van der Waals surface area contributed by atoms with E-state index in [0.717, 1.165) is 31.0 Å². The number of primary amides is 1. The largest absolute Gasteiger partial charge is 0.366 e. The van der Waals surface area contributed by atoms with Crippen LogP contribution in [0.3, 0.4) is 0 Å². The van der Waals surface area contributed by atoms with Gasteiger partial charge in [0, 0.05) is 18.7 Å². The van der Waals surface area contributed by atoms with Crippen molar-refractivity contribution in [1.82, 2.24) is 10.6 Å². The second-order valence-corrected chi connectivity index (χ2v) is 5.73. The number of nitrogens with zero attached hydrogens (tertiary/aromatic N) is 1. The van der Waals surface area contributed by atoms with E-state index in [4.69, 9.17) is 5.73 Å². The highest BCUT2D eigenvalue weighted by molar-refractivity contribution is 5.92. The third kappa shape index (κ3) is 5.64. The molecule has 0 aliphatic heterocycles. The first-order valence-corrected chi connectivity index (χ1v) is 8.61. The molecule has 0 aliphatic rings. The summed E-state index contributed by atoms with van der Waals surface area (Å²) in [4.78, 5) is 15.7. The molecule has 0 saturated carbocycles. The molecular formula is C20H26N4O. The molecule has 0 fully saturated rings. The van der Waals surface area contributed by atoms with E-state index < -0.39 is 5.91 Å². The summed E-state index contributed by atoms with van der Waals surface area (Å²) in [6.07, 6.45) is 1.01. The van der Waals surface area contributed by atoms with Crippen LogP contribution in [0.15, 0.2) is 53.5 Å². The van der Waals surface area contributed by atoms with E-state index in [-0.39, 0.29) is 0 Å². The van der Waals surface area contributed by atoms with E-state index in [9.17, 15) is 4.79 Å². The van der Waals surface area contributed by atoms with Gasteiger partial charge in [-0.3, -0.25) is 4.79 Å². The lowest BCUT2D eigenvalue weighted by molar-refractivity contribution is 0.100. The molecule has 0 aliphatic carbocycles. The van der Waals surface area contributed by atoms with Gasteiger partial charge >= 0.3 is 0 Å². The van der Waals surface area contributed by atoms with Crippen LogP contribution in [0.5, 0.6) is 0 Å². The van der Waals surface area contributed by atoms with Gasteiger partial charge in [0.25, 0.3) is 0 Å². The Morgan fingerprint density at radius 3 is 2.28 bits per heavy atom. The Morgan fingerprint density at radius 1 is 1.00 bits per heavy atom. The summed E-state index contributed by atoms with van der Waals surface area (Å²) < 4.78 is 0. The molecule has 132 valence electrons. The average Bonchev–Trinajstić information content (AvgIpc) is 2.64. The van der Waals surface area contributed by atoms with Gasteiger partial charge in [0.05, 0.1) is 6.54 Å². The van der Waals surface area contributed by atoms with Crippen LogP contribution in [0, 0.1) is 0 Å². The van der Waals surface area contributed by atoms with Gasteiger partial charge in [0.15, 0.2) is 5.96 Å². The molecule has 1 amide bonds. The van der Waals surface area contributed by atoms with E-state index >= 15 is 0 Å². The topological polar surface area (TPSA) is 79.5 Å². The van der Waals surface area contributed by atoms with Crippen LogP contribution in [0.4, 0.5) is 0 Å². The number of aliphatic imine (C=N–C) groups is 1. The van der Waals surface area contributed by atoms with E-state index in [1.165, 1.54) is 11.1 Å². The number of hydrogen-bond acceptors (Lipinski definition) is 2. The van der Waals surface area contributed by atoms with E-state index in [2.05, 4.69) is 46.8 Å². The lowest BCUT2D eigenvalue weighted by atomic mass is 10.1. The maximum absolute atomic E-state index is 11.1. The number of hydrogen-bond donors (Lipinski definition) is 3. The van der Waals surface area contributed by atoms with Crippen molar-refractivity contribution < 1.29 is 4.79 Å². The maximum atomic E-state index is 11.1. The molecule has 5 heteroatoms. The molecule has 25 heavy (non-hydrogen) atoms. The third-order valence-electron chi connectivity index (χ3n) is 3.95. The molecule has 0 atom stereocenters. The van der Waals surface area contributed by atoms with Crippen LogP contribution < -0.4 is 16.4 Å². The zero-order valence-electron chi connectivity index (χ0n) is 14.9. The summed E-state index contributed by atoms with van der Waals surface area (Å²) in [6.45, 7) is 6.26. The number of carbonyl (C=O) groups excluding carboxylic acids is 1. The summed E-state index contributed by atoms with van der Waals surface area (Å²) in [6, 6.07) is 15.6. The smallest absolute Gasteiger partial charge is 0.248 e. The van der Waals surface area contributed by atoms with Gasteiger partial charge in [-0.25, -0.2) is 4.99 Å². The summed E-state index contributed by atoms with van der Waals surface area (Å²) in [5.74, 6) is 0.354. The highest BCUT2D eigenvalue weighted by Crippen LogP contribution is 2.09. The van der Waals surface area contributed by atoms with Crippen LogP contribution in [0.25, 0.3) is 0 Å². The summed E-state index contributed by atoms with van der Waals surface area (Å²) in [5.41, 5.74) is 9.41. The molecule has 2 rings (SSSR count). The van der Waals surface area contributed by atoms with Crippen molar-refractivity contribution in [3.8, 4) is 0 Å². The predicted molar refractivity (Wildman–Crippen MR) is 102 cm³/mol. The van der Waals surface area contributed by atoms with Gasteiger partial charge in [-0.15, -0.1) is 0 Å². The van der Waals surface area contributed by atoms with Crippen molar-refractivity contribution in [3.63, 3.8) is 0 Å². The summed E-state index contributed by atoms with van der Waals surface area (Å²) >= 11 is 0. The highest BCUT2D eigenvalue weighted by Gasteiger charge is 2.03. The molecule has 0 bridgehead atoms. The van der Waals surface area contributed by atoms with Crippen molar-refractivity contribution in [3.05, 3.63) is 70.8 Å². The van der Waals surface area contributed by atoms with Gasteiger partial charge in [-0.2, -0.15) is 0 Å². The lowest BCUT2D eigenvalue weighted by Gasteiger charge is -2.13. The molecule has 4 N–H and O–H groups in total. The van der Waals surface area contributed by atoms with Crippen molar-refractivity contribution >= 4 is 11.9 Å². The van der Waals surface area contributed by atoms with Crippen LogP contribution in [0.2, 0.25) is 0 Å². The molecule has 0 heterocycles. The van der Waals surface area contributed by atoms with Gasteiger partial charge in [0.2, 0.25) is 5.91 Å². The molecule has 0 saturated heterocycles. The second kappa shape index (κ2) is 9.47. The van der Waals surface area contributed by atoms with Gasteiger partial charge in [-0.05, 0) is 42.2 Å². The highest BCUT2D eigenvalue weighted by atomic mass is 16.1. The maximum Gasteiger partial charge on any atom is 0.248 e. The van der Waals surface area contributed by atoms with E-state index in [0.29, 0.717) is 12.1 Å². The number of nitrogens with one attached hydrogen (secondary N) is 2. The fourth-order valence-electron chi connectivity index (χ4n) is 2.54. The molecule has 0 unspecified atom stereocenters. The van der Waals surface area contributed by atoms with E-state index in [1.807, 2.05) is 19.1 Å². The normalized spacial score (nSPS) is 11.2. The van der Waals surface area contributed by atoms with Crippen molar-refractivity contribution in [1.29, 1.82) is 0 Å². The minimum atomic E-state index is -0.417. The Balaban J connectivity index is 2.01. The molecule has 5 nitrogen and oxygen atoms in total. The molecule has 0 aromatic heterocycles. The summed E-state index contributed by atoms with van der Waals surface area (Å²) in [5, 5.41) is 6.63. The minimum Gasteiger partial charge on any atom is -0.366 e. The van der Waals surface area contributed by atoms with Crippen molar-refractivity contribution in [2.45, 2.75) is 33.4 Å². The standard InChI is InChI=1S/C20H26N4O/c1-3-16-7-5-6-8-18(16)14-24-20(22-4-2)23-13-15-9-11-17(12-10-15)19(21)25/h5-12H,3-4,13-14H2,1-2H3,(H2,21,25)(H2,22,23,24). The number of benzene rings is 2. The van der Waals surface area contributed by atoms with Crippen molar-refractivity contribution in [2.24, 2.45) is 10.7 Å². The molecule has 0 radical (unpaired) electrons. The first kappa shape index (κ1) is 18.5. The zero-order chi connectivity index (χ0) is 18.1. The number of nitrogens with two attached hydrogens (primary N) is 1. The monoisotopic (exact) mass is 338 g/mol. The second-order valence-electron chi connectivity index (χ2n) is 5.73. The van der Waals surface area contributed by atoms with Gasteiger partial charge in [0.1, 0.15) is 0 Å². The van der Waals surface area contributed by atoms with Crippen LogP contribution in [0.1, 0.15) is 40.9 Å². The molecular weight excluding hydrogens is 312 g/mol. The Labute approximate surface area is 149 Å². The Morgan fingerprint density at radius 2 is 1.68 bits per heavy atom. The first-order valence-electron chi connectivity index (χ1n) is 8.61. The summed E-state index contributed by atoms with van der Waals surface area (Å²) in [7, 11) is 0. The quantitative estimate of drug-likeness (QED) is 0.536. The fraction of sp³-hybridized carbons (Fsp3) is 0.300. The third-order valence-corrected chi connectivity index (χ3v) is 3.95. The van der Waals surface area contributed by atoms with Gasteiger partial charge in [-0.1, -0.05) is 43.3 Å². The van der Waals surface area contributed by atoms with Crippen LogP contribution in [-0.2, 0) is 19.5 Å². The Hall–Kier alpha value is -2.82. The lowest BCUT2D eigenvalue weighted by Crippen LogP contribution is -2.37. The number of amides is 1. The predicted octanol–water partition coefficient (Wildman–Crippen LogP) is 2.60. The average molecular weight is 338 g/mol. The minimum absolute atomic E-state index is 0.417. The zero-order valence-corrected chi connectivity index (χ0v) is 14.9. The number of guanidine groups is 1. The number of aryl methyl sites for hydroxylation is 1. The first-order chi connectivity index (χ1) is 12.1. The SMILES string of the molecule is CCNC(=NCc1ccc(C(N)=O)cc1)NCc1ccccc1CC. The Bertz CT molecular complexity index is 723. The molecule has 0 spiro atoms. The molecule has 2 aromatic carbocycles. The van der Waals surface area contributed by atoms with E-state index in [1.54, 1.807) is 12.1 Å². The molecule has 2 aromatic rings. The number of rotatable bonds is 7. The van der Waals surface area contributed by atoms with Crippen molar-refractivity contribution in [2.75, 3.05) is 6.54 Å². The fourth-order valence-corrected chi connectivity index (χ4v) is 2.54. The Kier molecular flexibility index (Phi) is 7.01. The number of carbonyl (C=O) groups is 1. The van der Waals surface area contributed by atoms with Crippen LogP contribution in [-0.4, -0.2) is 18.4 Å². The van der Waals surface area contributed by atoms with Gasteiger partial charge < -0.3 is 16.4 Å². The van der Waals surface area contributed by atoms with Crippen LogP contribution >= 0.6 is 0 Å².